The zero-order chi connectivity index (χ0) is 8.55. The second kappa shape index (κ2) is 2.71. The predicted molar refractivity (Wildman–Crippen MR) is 45.1 cm³/mol. The topological polar surface area (TPSA) is 43.1 Å². The summed E-state index contributed by atoms with van der Waals surface area (Å²) in [5.74, 6) is 1.67. The lowest BCUT2D eigenvalue weighted by atomic mass is 10.4. The Hall–Kier alpha value is -1.16. The van der Waals surface area contributed by atoms with Crippen LogP contribution in [0, 0.1) is 6.92 Å². The number of fused-ring (bicyclic) bond motifs is 1. The number of aromatic nitrogens is 4. The fourth-order valence-electron chi connectivity index (χ4n) is 1.02. The highest BCUT2D eigenvalue weighted by molar-refractivity contribution is 6.16. The average Bonchev–Trinajstić information content (AvgIpc) is 2.46. The van der Waals surface area contributed by atoms with Crippen LogP contribution in [0.25, 0.3) is 5.78 Å². The van der Waals surface area contributed by atoms with Crippen molar-refractivity contribution in [3.8, 4) is 0 Å². The van der Waals surface area contributed by atoms with Gasteiger partial charge >= 0.3 is 0 Å². The minimum Gasteiger partial charge on any atom is -0.269 e. The molecule has 2 rings (SSSR count). The van der Waals surface area contributed by atoms with E-state index >= 15 is 0 Å². The molecule has 0 N–H and O–H groups in total. The van der Waals surface area contributed by atoms with E-state index < -0.39 is 0 Å². The standard InChI is InChI=1S/C7H7ClN4/c1-5-3-9-7-11-10-6(2-8)12(7)4-5/h3-4H,2H2,1H3. The Labute approximate surface area is 74.2 Å². The summed E-state index contributed by atoms with van der Waals surface area (Å²) in [5, 5.41) is 7.72. The van der Waals surface area contributed by atoms with Crippen molar-refractivity contribution in [1.29, 1.82) is 0 Å². The van der Waals surface area contributed by atoms with Gasteiger partial charge in [0.05, 0.1) is 5.88 Å². The Balaban J connectivity index is 2.75. The molecular weight excluding hydrogens is 176 g/mol. The summed E-state index contributed by atoms with van der Waals surface area (Å²) in [6, 6.07) is 0. The first-order chi connectivity index (χ1) is 5.81. The summed E-state index contributed by atoms with van der Waals surface area (Å²) in [6.07, 6.45) is 3.67. The molecule has 0 aliphatic rings. The third-order valence-corrected chi connectivity index (χ3v) is 1.82. The zero-order valence-electron chi connectivity index (χ0n) is 6.53. The molecule has 0 saturated heterocycles. The van der Waals surface area contributed by atoms with E-state index in [1.54, 1.807) is 10.6 Å². The molecule has 0 aromatic carbocycles. The first-order valence-corrected chi connectivity index (χ1v) is 4.07. The van der Waals surface area contributed by atoms with Gasteiger partial charge in [0.15, 0.2) is 5.82 Å². The zero-order valence-corrected chi connectivity index (χ0v) is 7.28. The van der Waals surface area contributed by atoms with E-state index in [4.69, 9.17) is 11.6 Å². The molecule has 0 radical (unpaired) electrons. The van der Waals surface area contributed by atoms with Gasteiger partial charge in [0.25, 0.3) is 5.78 Å². The largest absolute Gasteiger partial charge is 0.269 e. The van der Waals surface area contributed by atoms with Crippen LogP contribution in [0.2, 0.25) is 0 Å². The number of alkyl halides is 1. The number of aryl methyl sites for hydroxylation is 1. The molecule has 0 aliphatic carbocycles. The molecule has 0 aliphatic heterocycles. The van der Waals surface area contributed by atoms with Gasteiger partial charge in [-0.1, -0.05) is 0 Å². The maximum absolute atomic E-state index is 5.65. The SMILES string of the molecule is Cc1cnc2nnc(CCl)n2c1. The highest BCUT2D eigenvalue weighted by Gasteiger charge is 2.03. The van der Waals surface area contributed by atoms with Gasteiger partial charge in [0, 0.05) is 12.4 Å². The highest BCUT2D eigenvalue weighted by atomic mass is 35.5. The molecule has 2 heterocycles. The molecule has 0 atom stereocenters. The van der Waals surface area contributed by atoms with Crippen molar-refractivity contribution in [2.45, 2.75) is 12.8 Å². The van der Waals surface area contributed by atoms with Gasteiger partial charge in [0.2, 0.25) is 0 Å². The van der Waals surface area contributed by atoms with Crippen LogP contribution >= 0.6 is 11.6 Å². The Morgan fingerprint density at radius 3 is 3.08 bits per heavy atom. The quantitative estimate of drug-likeness (QED) is 0.622. The van der Waals surface area contributed by atoms with Crippen LogP contribution in [-0.4, -0.2) is 19.6 Å². The lowest BCUT2D eigenvalue weighted by molar-refractivity contribution is 0.977. The molecule has 4 nitrogen and oxygen atoms in total. The normalized spacial score (nSPS) is 10.8. The van der Waals surface area contributed by atoms with E-state index in [1.807, 2.05) is 13.1 Å². The van der Waals surface area contributed by atoms with Gasteiger partial charge < -0.3 is 0 Å². The van der Waals surface area contributed by atoms with Crippen molar-refractivity contribution in [1.82, 2.24) is 19.6 Å². The van der Waals surface area contributed by atoms with E-state index in [9.17, 15) is 0 Å². The van der Waals surface area contributed by atoms with Crippen molar-refractivity contribution in [2.24, 2.45) is 0 Å². The van der Waals surface area contributed by atoms with Gasteiger partial charge in [-0.3, -0.25) is 4.40 Å². The van der Waals surface area contributed by atoms with Crippen LogP contribution in [0.3, 0.4) is 0 Å². The van der Waals surface area contributed by atoms with Gasteiger partial charge in [-0.2, -0.15) is 0 Å². The molecule has 0 saturated carbocycles. The van der Waals surface area contributed by atoms with E-state index in [1.165, 1.54) is 0 Å². The maximum Gasteiger partial charge on any atom is 0.254 e. The maximum atomic E-state index is 5.65. The van der Waals surface area contributed by atoms with Crippen LogP contribution in [-0.2, 0) is 5.88 Å². The van der Waals surface area contributed by atoms with Crippen molar-refractivity contribution < 1.29 is 0 Å². The molecule has 62 valence electrons. The lowest BCUT2D eigenvalue weighted by Gasteiger charge is -1.95. The Kier molecular flexibility index (Phi) is 1.69. The molecule has 0 spiro atoms. The summed E-state index contributed by atoms with van der Waals surface area (Å²) in [6.45, 7) is 1.96. The van der Waals surface area contributed by atoms with Crippen LogP contribution in [0.15, 0.2) is 12.4 Å². The van der Waals surface area contributed by atoms with Gasteiger partial charge in [-0.05, 0) is 12.5 Å². The molecule has 0 amide bonds. The van der Waals surface area contributed by atoms with E-state index in [2.05, 4.69) is 15.2 Å². The highest BCUT2D eigenvalue weighted by Crippen LogP contribution is 2.04. The molecule has 0 bridgehead atoms. The fraction of sp³-hybridized carbons (Fsp3) is 0.286. The summed E-state index contributed by atoms with van der Waals surface area (Å²) < 4.78 is 1.79. The third-order valence-electron chi connectivity index (χ3n) is 1.58. The summed E-state index contributed by atoms with van der Waals surface area (Å²) in [5.41, 5.74) is 1.06. The molecule has 12 heavy (non-hydrogen) atoms. The van der Waals surface area contributed by atoms with Crippen LogP contribution in [0.1, 0.15) is 11.4 Å². The number of halogens is 1. The number of hydrogen-bond acceptors (Lipinski definition) is 3. The molecule has 0 fully saturated rings. The monoisotopic (exact) mass is 182 g/mol. The van der Waals surface area contributed by atoms with Crippen molar-refractivity contribution in [3.63, 3.8) is 0 Å². The fourth-order valence-corrected chi connectivity index (χ4v) is 1.20. The predicted octanol–water partition coefficient (Wildman–Crippen LogP) is 1.17. The van der Waals surface area contributed by atoms with E-state index in [-0.39, 0.29) is 0 Å². The molecular formula is C7H7ClN4. The van der Waals surface area contributed by atoms with Crippen LogP contribution in [0.4, 0.5) is 0 Å². The second-order valence-electron chi connectivity index (χ2n) is 2.55. The smallest absolute Gasteiger partial charge is 0.254 e. The van der Waals surface area contributed by atoms with Crippen molar-refractivity contribution in [2.75, 3.05) is 0 Å². The van der Waals surface area contributed by atoms with Crippen LogP contribution in [0.5, 0.6) is 0 Å². The Morgan fingerprint density at radius 2 is 2.33 bits per heavy atom. The first-order valence-electron chi connectivity index (χ1n) is 3.53. The minimum atomic E-state index is 0.353. The summed E-state index contributed by atoms with van der Waals surface area (Å²) in [4.78, 5) is 4.08. The Morgan fingerprint density at radius 1 is 1.50 bits per heavy atom. The van der Waals surface area contributed by atoms with Crippen molar-refractivity contribution in [3.05, 3.63) is 23.8 Å². The number of nitrogens with zero attached hydrogens (tertiary/aromatic N) is 4. The van der Waals surface area contributed by atoms with Gasteiger partial charge in [0.1, 0.15) is 0 Å². The lowest BCUT2D eigenvalue weighted by Crippen LogP contribution is -1.93. The first kappa shape index (κ1) is 7.49. The van der Waals surface area contributed by atoms with Gasteiger partial charge in [-0.25, -0.2) is 4.98 Å². The summed E-state index contributed by atoms with van der Waals surface area (Å²) in [7, 11) is 0. The van der Waals surface area contributed by atoms with Gasteiger partial charge in [-0.15, -0.1) is 21.8 Å². The molecule has 2 aromatic rings. The Bertz CT molecular complexity index is 409. The van der Waals surface area contributed by atoms with Crippen molar-refractivity contribution >= 4 is 17.4 Å². The van der Waals surface area contributed by atoms with Crippen LogP contribution < -0.4 is 0 Å². The second-order valence-corrected chi connectivity index (χ2v) is 2.82. The number of rotatable bonds is 1. The third kappa shape index (κ3) is 1.04. The average molecular weight is 183 g/mol. The molecule has 0 unspecified atom stereocenters. The van der Waals surface area contributed by atoms with E-state index in [0.29, 0.717) is 11.7 Å². The molecule has 2 aromatic heterocycles. The number of hydrogen-bond donors (Lipinski definition) is 0. The van der Waals surface area contributed by atoms with E-state index in [0.717, 1.165) is 11.4 Å². The summed E-state index contributed by atoms with van der Waals surface area (Å²) >= 11 is 5.65. The molecule has 5 heteroatoms. The minimum absolute atomic E-state index is 0.353.